The topological polar surface area (TPSA) is 40.5 Å². The molecule has 0 amide bonds. The first-order valence-electron chi connectivity index (χ1n) is 8.63. The lowest BCUT2D eigenvalue weighted by molar-refractivity contribution is -0.0882. The van der Waals surface area contributed by atoms with Crippen molar-refractivity contribution in [2.24, 2.45) is 10.8 Å². The molecule has 122 valence electrons. The summed E-state index contributed by atoms with van der Waals surface area (Å²) in [4.78, 5) is 0. The van der Waals surface area contributed by atoms with Crippen LogP contribution in [0.25, 0.3) is 0 Å². The molecule has 0 aromatic rings. The Hall–Kier alpha value is -0.0800. The van der Waals surface area contributed by atoms with Crippen LogP contribution in [0.5, 0.6) is 0 Å². The molecular weight excluding hydrogens is 248 g/mol. The van der Waals surface area contributed by atoms with Crippen molar-refractivity contribution in [3.8, 4) is 0 Å². The van der Waals surface area contributed by atoms with E-state index >= 15 is 0 Å². The SMILES string of the molecule is CCCCCCC(CO)(CCCCC)C(O)C(C)(C)C. The highest BCUT2D eigenvalue weighted by Crippen LogP contribution is 2.42. The lowest BCUT2D eigenvalue weighted by Crippen LogP contribution is -2.46. The second-order valence-corrected chi connectivity index (χ2v) is 7.56. The summed E-state index contributed by atoms with van der Waals surface area (Å²) >= 11 is 0. The van der Waals surface area contributed by atoms with Crippen molar-refractivity contribution in [1.82, 2.24) is 0 Å². The lowest BCUT2D eigenvalue weighted by Gasteiger charge is -2.43. The number of aliphatic hydroxyl groups is 2. The molecule has 0 aliphatic rings. The first kappa shape index (κ1) is 19.9. The van der Waals surface area contributed by atoms with E-state index in [-0.39, 0.29) is 17.4 Å². The molecule has 0 aromatic carbocycles. The van der Waals surface area contributed by atoms with E-state index in [1.165, 1.54) is 32.1 Å². The maximum absolute atomic E-state index is 10.8. The van der Waals surface area contributed by atoms with Crippen LogP contribution < -0.4 is 0 Å². The molecular formula is C18H38O2. The monoisotopic (exact) mass is 286 g/mol. The molecule has 0 heterocycles. The normalized spacial score (nSPS) is 16.9. The lowest BCUT2D eigenvalue weighted by atomic mass is 9.66. The van der Waals surface area contributed by atoms with Gasteiger partial charge in [-0.25, -0.2) is 0 Å². The molecule has 0 saturated heterocycles. The molecule has 2 atom stereocenters. The van der Waals surface area contributed by atoms with Crippen LogP contribution in [0.1, 0.15) is 92.4 Å². The van der Waals surface area contributed by atoms with E-state index in [2.05, 4.69) is 34.6 Å². The summed E-state index contributed by atoms with van der Waals surface area (Å²) in [5.74, 6) is 0. The van der Waals surface area contributed by atoms with E-state index < -0.39 is 6.10 Å². The Morgan fingerprint density at radius 2 is 1.25 bits per heavy atom. The Morgan fingerprint density at radius 1 is 0.800 bits per heavy atom. The predicted molar refractivity (Wildman–Crippen MR) is 87.9 cm³/mol. The number of rotatable bonds is 11. The van der Waals surface area contributed by atoms with Crippen LogP contribution in [0, 0.1) is 10.8 Å². The minimum atomic E-state index is -0.432. The van der Waals surface area contributed by atoms with Gasteiger partial charge in [0.05, 0.1) is 12.7 Å². The van der Waals surface area contributed by atoms with E-state index in [9.17, 15) is 10.2 Å². The fourth-order valence-electron chi connectivity index (χ4n) is 3.19. The highest BCUT2D eigenvalue weighted by atomic mass is 16.3. The van der Waals surface area contributed by atoms with Gasteiger partial charge in [0, 0.05) is 5.41 Å². The van der Waals surface area contributed by atoms with Gasteiger partial charge in [0.15, 0.2) is 0 Å². The van der Waals surface area contributed by atoms with Crippen molar-refractivity contribution in [1.29, 1.82) is 0 Å². The van der Waals surface area contributed by atoms with Gasteiger partial charge in [0.1, 0.15) is 0 Å². The molecule has 0 bridgehead atoms. The Morgan fingerprint density at radius 3 is 1.65 bits per heavy atom. The van der Waals surface area contributed by atoms with Gasteiger partial charge in [-0.15, -0.1) is 0 Å². The standard InChI is InChI=1S/C18H38O2/c1-6-8-10-12-14-18(15-19,13-11-9-7-2)16(20)17(3,4)5/h16,19-20H,6-15H2,1-5H3. The zero-order valence-electron chi connectivity index (χ0n) is 14.5. The van der Waals surface area contributed by atoms with Crippen LogP contribution in [0.3, 0.4) is 0 Å². The van der Waals surface area contributed by atoms with Gasteiger partial charge in [-0.2, -0.15) is 0 Å². The molecule has 2 unspecified atom stereocenters. The van der Waals surface area contributed by atoms with Crippen molar-refractivity contribution in [3.63, 3.8) is 0 Å². The molecule has 0 aliphatic carbocycles. The van der Waals surface area contributed by atoms with Crippen molar-refractivity contribution >= 4 is 0 Å². The van der Waals surface area contributed by atoms with Gasteiger partial charge in [-0.3, -0.25) is 0 Å². The third kappa shape index (κ3) is 6.58. The Balaban J connectivity index is 4.77. The molecule has 0 saturated carbocycles. The number of aliphatic hydroxyl groups excluding tert-OH is 2. The average Bonchev–Trinajstić information content (AvgIpc) is 2.40. The Kier molecular flexibility index (Phi) is 9.74. The van der Waals surface area contributed by atoms with Gasteiger partial charge in [0.2, 0.25) is 0 Å². The molecule has 20 heavy (non-hydrogen) atoms. The maximum atomic E-state index is 10.8. The Bertz CT molecular complexity index is 232. The molecule has 0 radical (unpaired) electrons. The second-order valence-electron chi connectivity index (χ2n) is 7.56. The average molecular weight is 286 g/mol. The minimum Gasteiger partial charge on any atom is -0.396 e. The summed E-state index contributed by atoms with van der Waals surface area (Å²) in [5.41, 5.74) is -0.471. The zero-order chi connectivity index (χ0) is 15.6. The quantitative estimate of drug-likeness (QED) is 0.529. The van der Waals surface area contributed by atoms with Crippen molar-refractivity contribution in [2.75, 3.05) is 6.61 Å². The van der Waals surface area contributed by atoms with Crippen LogP contribution in [0.4, 0.5) is 0 Å². The highest BCUT2D eigenvalue weighted by molar-refractivity contribution is 4.92. The minimum absolute atomic E-state index is 0.112. The van der Waals surface area contributed by atoms with E-state index in [1.54, 1.807) is 0 Å². The van der Waals surface area contributed by atoms with Crippen LogP contribution >= 0.6 is 0 Å². The van der Waals surface area contributed by atoms with Gasteiger partial charge in [0.25, 0.3) is 0 Å². The van der Waals surface area contributed by atoms with Crippen molar-refractivity contribution in [2.45, 2.75) is 98.5 Å². The molecule has 0 rings (SSSR count). The summed E-state index contributed by atoms with van der Waals surface area (Å²) in [6.45, 7) is 10.8. The molecule has 0 fully saturated rings. The molecule has 2 nitrogen and oxygen atoms in total. The van der Waals surface area contributed by atoms with Gasteiger partial charge < -0.3 is 10.2 Å². The summed E-state index contributed by atoms with van der Waals surface area (Å²) in [7, 11) is 0. The first-order valence-corrected chi connectivity index (χ1v) is 8.63. The molecule has 2 N–H and O–H groups in total. The van der Waals surface area contributed by atoms with Gasteiger partial charge >= 0.3 is 0 Å². The summed E-state index contributed by atoms with van der Waals surface area (Å²) in [5, 5.41) is 20.8. The number of hydrogen-bond donors (Lipinski definition) is 2. The summed E-state index contributed by atoms with van der Waals surface area (Å²) in [6.07, 6.45) is 9.75. The van der Waals surface area contributed by atoms with Gasteiger partial charge in [-0.1, -0.05) is 79.6 Å². The van der Waals surface area contributed by atoms with Crippen molar-refractivity contribution in [3.05, 3.63) is 0 Å². The van der Waals surface area contributed by atoms with E-state index in [1.807, 2.05) is 0 Å². The molecule has 0 spiro atoms. The van der Waals surface area contributed by atoms with Crippen LogP contribution in [0.2, 0.25) is 0 Å². The van der Waals surface area contributed by atoms with Crippen molar-refractivity contribution < 1.29 is 10.2 Å². The third-order valence-corrected chi connectivity index (χ3v) is 4.52. The smallest absolute Gasteiger partial charge is 0.0666 e. The second kappa shape index (κ2) is 9.78. The zero-order valence-corrected chi connectivity index (χ0v) is 14.5. The molecule has 0 aliphatic heterocycles. The fraction of sp³-hybridized carbons (Fsp3) is 1.00. The van der Waals surface area contributed by atoms with Gasteiger partial charge in [-0.05, 0) is 18.3 Å². The molecule has 2 heteroatoms. The molecule has 0 aromatic heterocycles. The number of hydrogen-bond acceptors (Lipinski definition) is 2. The maximum Gasteiger partial charge on any atom is 0.0666 e. The third-order valence-electron chi connectivity index (χ3n) is 4.52. The first-order chi connectivity index (χ1) is 9.34. The predicted octanol–water partition coefficient (Wildman–Crippen LogP) is 4.92. The van der Waals surface area contributed by atoms with E-state index in [4.69, 9.17) is 0 Å². The summed E-state index contributed by atoms with van der Waals surface area (Å²) < 4.78 is 0. The fourth-order valence-corrected chi connectivity index (χ4v) is 3.19. The van der Waals surface area contributed by atoms with E-state index in [0.717, 1.165) is 25.7 Å². The largest absolute Gasteiger partial charge is 0.396 e. The summed E-state index contributed by atoms with van der Waals surface area (Å²) in [6, 6.07) is 0. The van der Waals surface area contributed by atoms with Crippen LogP contribution in [-0.2, 0) is 0 Å². The van der Waals surface area contributed by atoms with Crippen LogP contribution in [-0.4, -0.2) is 22.9 Å². The highest BCUT2D eigenvalue weighted by Gasteiger charge is 2.42. The number of unbranched alkanes of at least 4 members (excludes halogenated alkanes) is 5. The van der Waals surface area contributed by atoms with Crippen LogP contribution in [0.15, 0.2) is 0 Å². The Labute approximate surface area is 127 Å². The van der Waals surface area contributed by atoms with E-state index in [0.29, 0.717) is 0 Å².